The van der Waals surface area contributed by atoms with Crippen LogP contribution in [0.4, 0.5) is 0 Å². The van der Waals surface area contributed by atoms with Crippen LogP contribution in [0.15, 0.2) is 17.5 Å². The smallest absolute Gasteiger partial charge is 0.261 e. The summed E-state index contributed by atoms with van der Waals surface area (Å²) in [6.45, 7) is 2.37. The molecule has 1 fully saturated rings. The summed E-state index contributed by atoms with van der Waals surface area (Å²) in [6, 6.07) is 2.94. The van der Waals surface area contributed by atoms with Gasteiger partial charge in [-0.15, -0.1) is 11.3 Å². The summed E-state index contributed by atoms with van der Waals surface area (Å²) < 4.78 is 0. The summed E-state index contributed by atoms with van der Waals surface area (Å²) in [6.07, 6.45) is -0.417. The van der Waals surface area contributed by atoms with Crippen molar-refractivity contribution in [1.29, 1.82) is 0 Å². The lowest BCUT2D eigenvalue weighted by molar-refractivity contribution is -0.142. The molecule has 17 heavy (non-hydrogen) atoms. The first-order chi connectivity index (χ1) is 8.08. The lowest BCUT2D eigenvalue weighted by Crippen LogP contribution is -2.58. The second-order valence-electron chi connectivity index (χ2n) is 4.07. The molecule has 92 valence electrons. The Balaban J connectivity index is 1.86. The molecule has 1 atom stereocenters. The molecular weight excluding hydrogens is 240 g/mol. The van der Waals surface area contributed by atoms with Gasteiger partial charge in [0.25, 0.3) is 5.91 Å². The number of carbonyl (C=O) groups is 2. The summed E-state index contributed by atoms with van der Waals surface area (Å²) in [7, 11) is 0. The van der Waals surface area contributed by atoms with Crippen molar-refractivity contribution < 1.29 is 14.7 Å². The molecular formula is C11H14N2O3S. The number of carbonyl (C=O) groups excluding carboxylic acids is 2. The second kappa shape index (κ2) is 4.85. The Labute approximate surface area is 103 Å². The van der Waals surface area contributed by atoms with E-state index in [1.54, 1.807) is 19.1 Å². The zero-order valence-electron chi connectivity index (χ0n) is 9.42. The number of rotatable bonds is 3. The summed E-state index contributed by atoms with van der Waals surface area (Å²) in [4.78, 5) is 25.6. The Morgan fingerprint density at radius 2 is 2.29 bits per heavy atom. The molecule has 0 radical (unpaired) electrons. The van der Waals surface area contributed by atoms with E-state index in [-0.39, 0.29) is 11.8 Å². The lowest BCUT2D eigenvalue weighted by Gasteiger charge is -2.37. The van der Waals surface area contributed by atoms with Gasteiger partial charge in [-0.1, -0.05) is 6.07 Å². The van der Waals surface area contributed by atoms with Crippen LogP contribution >= 0.6 is 11.3 Å². The van der Waals surface area contributed by atoms with Crippen LogP contribution in [0.25, 0.3) is 0 Å². The van der Waals surface area contributed by atoms with Gasteiger partial charge in [0, 0.05) is 13.1 Å². The van der Waals surface area contributed by atoms with E-state index >= 15 is 0 Å². The third-order valence-electron chi connectivity index (χ3n) is 2.64. The molecule has 2 rings (SSSR count). The topological polar surface area (TPSA) is 69.6 Å². The Morgan fingerprint density at radius 1 is 1.59 bits per heavy atom. The molecule has 5 nitrogen and oxygen atoms in total. The normalized spacial score (nSPS) is 17.4. The van der Waals surface area contributed by atoms with E-state index in [0.29, 0.717) is 18.0 Å². The highest BCUT2D eigenvalue weighted by molar-refractivity contribution is 7.12. The first-order valence-electron chi connectivity index (χ1n) is 5.39. The van der Waals surface area contributed by atoms with E-state index in [1.165, 1.54) is 16.2 Å². The predicted molar refractivity (Wildman–Crippen MR) is 63.8 cm³/mol. The third kappa shape index (κ3) is 2.65. The van der Waals surface area contributed by atoms with Crippen molar-refractivity contribution in [3.63, 3.8) is 0 Å². The number of amides is 2. The maximum Gasteiger partial charge on any atom is 0.261 e. The third-order valence-corrected chi connectivity index (χ3v) is 3.51. The molecule has 1 aromatic heterocycles. The van der Waals surface area contributed by atoms with Crippen LogP contribution in [-0.2, 0) is 4.79 Å². The largest absolute Gasteiger partial charge is 0.389 e. The molecule has 2 amide bonds. The number of aliphatic hydroxyl groups excluding tert-OH is 1. The first-order valence-corrected chi connectivity index (χ1v) is 6.27. The zero-order chi connectivity index (χ0) is 12.4. The highest BCUT2D eigenvalue weighted by Crippen LogP contribution is 2.11. The number of nitrogens with zero attached hydrogens (tertiary/aromatic N) is 1. The quantitative estimate of drug-likeness (QED) is 0.802. The van der Waals surface area contributed by atoms with E-state index in [1.807, 2.05) is 5.38 Å². The van der Waals surface area contributed by atoms with Crippen molar-refractivity contribution in [1.82, 2.24) is 10.2 Å². The van der Waals surface area contributed by atoms with Crippen molar-refractivity contribution >= 4 is 23.2 Å². The van der Waals surface area contributed by atoms with Crippen LogP contribution in [0.1, 0.15) is 16.6 Å². The van der Waals surface area contributed by atoms with Crippen LogP contribution < -0.4 is 5.32 Å². The molecule has 1 aromatic rings. The van der Waals surface area contributed by atoms with Gasteiger partial charge in [0.1, 0.15) is 6.04 Å². The van der Waals surface area contributed by atoms with Crippen molar-refractivity contribution in [3.8, 4) is 0 Å². The fourth-order valence-corrected chi connectivity index (χ4v) is 2.27. The molecule has 0 aliphatic carbocycles. The summed E-state index contributed by atoms with van der Waals surface area (Å²) in [5, 5.41) is 13.6. The lowest BCUT2D eigenvalue weighted by atomic mass is 10.1. The minimum atomic E-state index is -0.558. The van der Waals surface area contributed by atoms with E-state index in [2.05, 4.69) is 5.32 Å². The molecule has 1 aliphatic heterocycles. The molecule has 0 aromatic carbocycles. The molecule has 2 heterocycles. The van der Waals surface area contributed by atoms with Gasteiger partial charge in [-0.05, 0) is 18.4 Å². The number of hydrogen-bond donors (Lipinski definition) is 2. The highest BCUT2D eigenvalue weighted by Gasteiger charge is 2.32. The summed E-state index contributed by atoms with van der Waals surface area (Å²) in [5.41, 5.74) is 0. The average molecular weight is 254 g/mol. The standard InChI is InChI=1S/C11H14N2O3S/c1-7(11(16)13-5-8(14)6-13)12-10(15)9-3-2-4-17-9/h2-4,7-8,14H,5-6H2,1H3,(H,12,15). The number of hydrogen-bond acceptors (Lipinski definition) is 4. The number of β-amino-alcohol motifs (C(OH)–C–C–N with tert-alkyl or cyclic N) is 1. The summed E-state index contributed by atoms with van der Waals surface area (Å²) in [5.74, 6) is -0.387. The van der Waals surface area contributed by atoms with Crippen molar-refractivity contribution in [3.05, 3.63) is 22.4 Å². The van der Waals surface area contributed by atoms with E-state index in [0.717, 1.165) is 0 Å². The number of nitrogens with one attached hydrogen (secondary N) is 1. The van der Waals surface area contributed by atoms with Gasteiger partial charge >= 0.3 is 0 Å². The van der Waals surface area contributed by atoms with Crippen molar-refractivity contribution in [2.24, 2.45) is 0 Å². The minimum absolute atomic E-state index is 0.153. The maximum atomic E-state index is 11.8. The Bertz CT molecular complexity index is 412. The monoisotopic (exact) mass is 254 g/mol. The number of aliphatic hydroxyl groups is 1. The fraction of sp³-hybridized carbons (Fsp3) is 0.455. The van der Waals surface area contributed by atoms with Gasteiger partial charge < -0.3 is 15.3 Å². The molecule has 0 saturated carbocycles. The van der Waals surface area contributed by atoms with E-state index in [9.17, 15) is 9.59 Å². The first kappa shape index (κ1) is 12.1. The van der Waals surface area contributed by atoms with Crippen molar-refractivity contribution in [2.75, 3.05) is 13.1 Å². The van der Waals surface area contributed by atoms with Crippen LogP contribution in [0.2, 0.25) is 0 Å². The second-order valence-corrected chi connectivity index (χ2v) is 5.02. The molecule has 0 spiro atoms. The molecule has 2 N–H and O–H groups in total. The summed E-state index contributed by atoms with van der Waals surface area (Å²) >= 11 is 1.34. The predicted octanol–water partition coefficient (Wildman–Crippen LogP) is 0.0695. The number of thiophene rings is 1. The SMILES string of the molecule is CC(NC(=O)c1cccs1)C(=O)N1CC(O)C1. The Kier molecular flexibility index (Phi) is 3.44. The van der Waals surface area contributed by atoms with Gasteiger partial charge in [0.05, 0.1) is 11.0 Å². The number of likely N-dealkylation sites (tertiary alicyclic amines) is 1. The Morgan fingerprint density at radius 3 is 2.82 bits per heavy atom. The van der Waals surface area contributed by atoms with Crippen LogP contribution in [0.5, 0.6) is 0 Å². The minimum Gasteiger partial charge on any atom is -0.389 e. The van der Waals surface area contributed by atoms with Gasteiger partial charge in [-0.2, -0.15) is 0 Å². The molecule has 6 heteroatoms. The Hall–Kier alpha value is -1.40. The van der Waals surface area contributed by atoms with Gasteiger partial charge in [0.15, 0.2) is 0 Å². The molecule has 1 saturated heterocycles. The fourth-order valence-electron chi connectivity index (χ4n) is 1.65. The van der Waals surface area contributed by atoms with Crippen LogP contribution in [0, 0.1) is 0 Å². The van der Waals surface area contributed by atoms with Gasteiger partial charge in [-0.25, -0.2) is 0 Å². The van der Waals surface area contributed by atoms with Crippen LogP contribution in [-0.4, -0.2) is 47.1 Å². The van der Waals surface area contributed by atoms with Gasteiger partial charge in [0.2, 0.25) is 5.91 Å². The van der Waals surface area contributed by atoms with Crippen LogP contribution in [0.3, 0.4) is 0 Å². The van der Waals surface area contributed by atoms with Gasteiger partial charge in [-0.3, -0.25) is 9.59 Å². The average Bonchev–Trinajstić information content (AvgIpc) is 2.77. The highest BCUT2D eigenvalue weighted by atomic mass is 32.1. The molecule has 0 bridgehead atoms. The van der Waals surface area contributed by atoms with Crippen molar-refractivity contribution in [2.45, 2.75) is 19.1 Å². The molecule has 1 aliphatic rings. The maximum absolute atomic E-state index is 11.8. The van der Waals surface area contributed by atoms with E-state index < -0.39 is 12.1 Å². The van der Waals surface area contributed by atoms with E-state index in [4.69, 9.17) is 5.11 Å². The molecule has 1 unspecified atom stereocenters. The zero-order valence-corrected chi connectivity index (χ0v) is 10.2.